The van der Waals surface area contributed by atoms with Crippen LogP contribution in [0, 0.1) is 28.7 Å². The van der Waals surface area contributed by atoms with Crippen molar-refractivity contribution >= 4 is 11.5 Å². The first-order chi connectivity index (χ1) is 9.88. The fourth-order valence-corrected chi connectivity index (χ4v) is 2.01. The first-order valence-electron chi connectivity index (χ1n) is 6.10. The number of aryl methyl sites for hydroxylation is 1. The summed E-state index contributed by atoms with van der Waals surface area (Å²) in [6.45, 7) is 1.83. The number of benzene rings is 2. The smallest absolute Gasteiger partial charge is 0.294 e. The lowest BCUT2D eigenvalue weighted by Crippen LogP contribution is -2.09. The van der Waals surface area contributed by atoms with Gasteiger partial charge in [0, 0.05) is 6.42 Å². The number of hydrogen-bond donors (Lipinski definition) is 0. The third kappa shape index (κ3) is 3.28. The number of carbonyl (C=O) groups excluding carboxylic acids is 1. The summed E-state index contributed by atoms with van der Waals surface area (Å²) in [4.78, 5) is 21.6. The van der Waals surface area contributed by atoms with Gasteiger partial charge in [0.05, 0.1) is 16.6 Å². The lowest BCUT2D eigenvalue weighted by atomic mass is 10.0. The van der Waals surface area contributed by atoms with Gasteiger partial charge in [0.2, 0.25) is 5.82 Å². The zero-order valence-corrected chi connectivity index (χ0v) is 11.1. The van der Waals surface area contributed by atoms with Crippen LogP contribution < -0.4 is 0 Å². The van der Waals surface area contributed by atoms with E-state index in [1.807, 2.05) is 13.0 Å². The third-order valence-electron chi connectivity index (χ3n) is 2.96. The van der Waals surface area contributed by atoms with E-state index in [4.69, 9.17) is 0 Å². The summed E-state index contributed by atoms with van der Waals surface area (Å²) in [5.41, 5.74) is -0.0943. The van der Waals surface area contributed by atoms with E-state index in [0.29, 0.717) is 17.7 Å². The first kappa shape index (κ1) is 14.8. The predicted molar refractivity (Wildman–Crippen MR) is 72.2 cm³/mol. The second-order valence-electron chi connectivity index (χ2n) is 4.63. The molecule has 4 nitrogen and oxygen atoms in total. The van der Waals surface area contributed by atoms with Gasteiger partial charge in [-0.15, -0.1) is 0 Å². The van der Waals surface area contributed by atoms with E-state index in [2.05, 4.69) is 0 Å². The summed E-state index contributed by atoms with van der Waals surface area (Å²) in [5, 5.41) is 10.6. The Kier molecular flexibility index (Phi) is 4.07. The highest BCUT2D eigenvalue weighted by molar-refractivity contribution is 5.98. The second kappa shape index (κ2) is 5.78. The van der Waals surface area contributed by atoms with Gasteiger partial charge in [-0.25, -0.2) is 4.39 Å². The van der Waals surface area contributed by atoms with Crippen molar-refractivity contribution in [3.05, 3.63) is 74.8 Å². The van der Waals surface area contributed by atoms with Crippen LogP contribution in [0.15, 0.2) is 36.4 Å². The molecule has 0 N–H and O–H groups in total. The quantitative estimate of drug-likeness (QED) is 0.491. The third-order valence-corrected chi connectivity index (χ3v) is 2.96. The maximum Gasteiger partial charge on any atom is 0.308 e. The SMILES string of the molecule is Cc1cccc(CC(=O)c2cc(F)cc([N+](=O)[O-])c2F)c1. The normalized spacial score (nSPS) is 10.4. The molecule has 2 aromatic carbocycles. The number of halogens is 2. The van der Waals surface area contributed by atoms with E-state index in [1.165, 1.54) is 0 Å². The lowest BCUT2D eigenvalue weighted by Gasteiger charge is -2.05. The molecule has 0 aliphatic rings. The summed E-state index contributed by atoms with van der Waals surface area (Å²) < 4.78 is 27.2. The summed E-state index contributed by atoms with van der Waals surface area (Å²) in [5.74, 6) is -3.03. The van der Waals surface area contributed by atoms with E-state index in [1.54, 1.807) is 18.2 Å². The number of nitrogens with zero attached hydrogens (tertiary/aromatic N) is 1. The molecule has 0 unspecified atom stereocenters. The lowest BCUT2D eigenvalue weighted by molar-refractivity contribution is -0.387. The van der Waals surface area contributed by atoms with E-state index < -0.39 is 33.6 Å². The molecule has 0 saturated heterocycles. The molecule has 21 heavy (non-hydrogen) atoms. The Balaban J connectivity index is 2.37. The maximum atomic E-state index is 13.9. The summed E-state index contributed by atoms with van der Waals surface area (Å²) >= 11 is 0. The maximum absolute atomic E-state index is 13.9. The predicted octanol–water partition coefficient (Wildman–Crippen LogP) is 3.61. The van der Waals surface area contributed by atoms with Crippen molar-refractivity contribution in [1.82, 2.24) is 0 Å². The summed E-state index contributed by atoms with van der Waals surface area (Å²) in [6, 6.07) is 8.13. The number of nitro benzene ring substituents is 1. The van der Waals surface area contributed by atoms with Crippen molar-refractivity contribution in [3.8, 4) is 0 Å². The van der Waals surface area contributed by atoms with Gasteiger partial charge in [-0.3, -0.25) is 14.9 Å². The van der Waals surface area contributed by atoms with Gasteiger partial charge in [-0.1, -0.05) is 29.8 Å². The standard InChI is InChI=1S/C15H11F2NO3/c1-9-3-2-4-10(5-9)6-14(19)12-7-11(16)8-13(15(12)17)18(20)21/h2-5,7-8H,6H2,1H3. The Bertz CT molecular complexity index is 729. The van der Waals surface area contributed by atoms with Gasteiger partial charge in [0.25, 0.3) is 0 Å². The molecule has 0 bridgehead atoms. The van der Waals surface area contributed by atoms with Gasteiger partial charge >= 0.3 is 5.69 Å². The van der Waals surface area contributed by atoms with Crippen LogP contribution in [0.4, 0.5) is 14.5 Å². The van der Waals surface area contributed by atoms with Crippen molar-refractivity contribution < 1.29 is 18.5 Å². The van der Waals surface area contributed by atoms with Crippen molar-refractivity contribution in [2.75, 3.05) is 0 Å². The number of carbonyl (C=O) groups is 1. The second-order valence-corrected chi connectivity index (χ2v) is 4.63. The molecule has 0 atom stereocenters. The van der Waals surface area contributed by atoms with Crippen LogP contribution in [-0.2, 0) is 6.42 Å². The number of rotatable bonds is 4. The van der Waals surface area contributed by atoms with E-state index in [0.717, 1.165) is 5.56 Å². The van der Waals surface area contributed by atoms with Crippen LogP contribution in [0.3, 0.4) is 0 Å². The Labute approximate surface area is 119 Å². The molecule has 0 spiro atoms. The van der Waals surface area contributed by atoms with Crippen LogP contribution in [0.2, 0.25) is 0 Å². The zero-order chi connectivity index (χ0) is 15.6. The van der Waals surface area contributed by atoms with E-state index in [-0.39, 0.29) is 6.42 Å². The topological polar surface area (TPSA) is 60.2 Å². The molecule has 2 rings (SSSR count). The van der Waals surface area contributed by atoms with E-state index in [9.17, 15) is 23.7 Å². The number of hydrogen-bond acceptors (Lipinski definition) is 3. The average molecular weight is 291 g/mol. The molecule has 108 valence electrons. The molecule has 2 aromatic rings. The molecule has 0 aliphatic carbocycles. The highest BCUT2D eigenvalue weighted by Crippen LogP contribution is 2.23. The van der Waals surface area contributed by atoms with E-state index >= 15 is 0 Å². The van der Waals surface area contributed by atoms with Crippen LogP contribution >= 0.6 is 0 Å². The van der Waals surface area contributed by atoms with Crippen LogP contribution in [0.1, 0.15) is 21.5 Å². The highest BCUT2D eigenvalue weighted by Gasteiger charge is 2.24. The largest absolute Gasteiger partial charge is 0.308 e. The molecular formula is C15H11F2NO3. The molecule has 0 heterocycles. The number of ketones is 1. The monoisotopic (exact) mass is 291 g/mol. The minimum Gasteiger partial charge on any atom is -0.294 e. The molecule has 0 radical (unpaired) electrons. The van der Waals surface area contributed by atoms with Gasteiger partial charge in [0.15, 0.2) is 5.78 Å². The Morgan fingerprint density at radius 2 is 1.95 bits per heavy atom. The van der Waals surface area contributed by atoms with Gasteiger partial charge in [0.1, 0.15) is 5.82 Å². The van der Waals surface area contributed by atoms with Gasteiger partial charge < -0.3 is 0 Å². The van der Waals surface area contributed by atoms with Crippen molar-refractivity contribution in [2.24, 2.45) is 0 Å². The molecule has 0 saturated carbocycles. The van der Waals surface area contributed by atoms with Gasteiger partial charge in [-0.05, 0) is 18.6 Å². The van der Waals surface area contributed by atoms with Crippen molar-refractivity contribution in [1.29, 1.82) is 0 Å². The van der Waals surface area contributed by atoms with Crippen LogP contribution in [0.5, 0.6) is 0 Å². The fourth-order valence-electron chi connectivity index (χ4n) is 2.01. The molecule has 6 heteroatoms. The fraction of sp³-hybridized carbons (Fsp3) is 0.133. The summed E-state index contributed by atoms with van der Waals surface area (Å²) in [6.07, 6.45) is -0.154. The van der Waals surface area contributed by atoms with Gasteiger partial charge in [-0.2, -0.15) is 4.39 Å². The molecule has 0 aromatic heterocycles. The molecular weight excluding hydrogens is 280 g/mol. The summed E-state index contributed by atoms with van der Waals surface area (Å²) in [7, 11) is 0. The average Bonchev–Trinajstić information content (AvgIpc) is 2.40. The Hall–Kier alpha value is -2.63. The minimum absolute atomic E-state index is 0.154. The van der Waals surface area contributed by atoms with Crippen LogP contribution in [-0.4, -0.2) is 10.7 Å². The Morgan fingerprint density at radius 3 is 2.57 bits per heavy atom. The number of nitro groups is 1. The number of Topliss-reactive ketones (excluding diaryl/α,β-unsaturated/α-hetero) is 1. The highest BCUT2D eigenvalue weighted by atomic mass is 19.1. The van der Waals surface area contributed by atoms with Crippen molar-refractivity contribution in [3.63, 3.8) is 0 Å². The Morgan fingerprint density at radius 1 is 1.24 bits per heavy atom. The zero-order valence-electron chi connectivity index (χ0n) is 11.1. The first-order valence-corrected chi connectivity index (χ1v) is 6.10. The molecule has 0 fully saturated rings. The van der Waals surface area contributed by atoms with Crippen molar-refractivity contribution in [2.45, 2.75) is 13.3 Å². The molecule has 0 aliphatic heterocycles. The van der Waals surface area contributed by atoms with Crippen LogP contribution in [0.25, 0.3) is 0 Å². The minimum atomic E-state index is -1.31. The molecule has 0 amide bonds.